The molecule has 0 radical (unpaired) electrons. The number of nitrogens with one attached hydrogen (secondary N) is 1. The van der Waals surface area contributed by atoms with Gasteiger partial charge in [-0.2, -0.15) is 0 Å². The number of fused-ring (bicyclic) bond motifs is 1. The zero-order valence-electron chi connectivity index (χ0n) is 10.8. The van der Waals surface area contributed by atoms with Crippen LogP contribution in [0.1, 0.15) is 32.1 Å². The average Bonchev–Trinajstić information content (AvgIpc) is 2.78. The summed E-state index contributed by atoms with van der Waals surface area (Å²) in [6, 6.07) is 0. The van der Waals surface area contributed by atoms with Gasteiger partial charge in [-0.05, 0) is 31.1 Å². The van der Waals surface area contributed by atoms with E-state index in [1.54, 1.807) is 0 Å². The van der Waals surface area contributed by atoms with E-state index in [4.69, 9.17) is 0 Å². The maximum atomic E-state index is 12.1. The highest BCUT2D eigenvalue weighted by atomic mass is 19.1. The van der Waals surface area contributed by atoms with Crippen LogP contribution in [0.4, 0.5) is 4.39 Å². The van der Waals surface area contributed by atoms with Crippen LogP contribution in [0.3, 0.4) is 0 Å². The first-order valence-corrected chi connectivity index (χ1v) is 6.86. The largest absolute Gasteiger partial charge is 0.356 e. The normalized spacial score (nSPS) is 29.3. The molecule has 17 heavy (non-hydrogen) atoms. The SMILES string of the molecule is CN=C(NCCCF)N1CC2CCCCC2C1. The van der Waals surface area contributed by atoms with Gasteiger partial charge in [0.2, 0.25) is 0 Å². The molecule has 2 unspecified atom stereocenters. The van der Waals surface area contributed by atoms with Gasteiger partial charge in [-0.1, -0.05) is 12.8 Å². The van der Waals surface area contributed by atoms with Crippen LogP contribution in [0.15, 0.2) is 4.99 Å². The summed E-state index contributed by atoms with van der Waals surface area (Å²) in [5.74, 6) is 2.69. The van der Waals surface area contributed by atoms with E-state index >= 15 is 0 Å². The van der Waals surface area contributed by atoms with Crippen molar-refractivity contribution >= 4 is 5.96 Å². The van der Waals surface area contributed by atoms with E-state index in [-0.39, 0.29) is 6.67 Å². The van der Waals surface area contributed by atoms with Gasteiger partial charge in [0.05, 0.1) is 6.67 Å². The second-order valence-electron chi connectivity index (χ2n) is 5.23. The van der Waals surface area contributed by atoms with E-state index in [9.17, 15) is 4.39 Å². The fourth-order valence-corrected chi connectivity index (χ4v) is 3.18. The van der Waals surface area contributed by atoms with Crippen molar-refractivity contribution in [3.05, 3.63) is 0 Å². The summed E-state index contributed by atoms with van der Waals surface area (Å²) in [5, 5.41) is 3.26. The van der Waals surface area contributed by atoms with Crippen LogP contribution < -0.4 is 5.32 Å². The number of rotatable bonds is 3. The van der Waals surface area contributed by atoms with Crippen molar-refractivity contribution in [2.45, 2.75) is 32.1 Å². The Morgan fingerprint density at radius 3 is 2.47 bits per heavy atom. The van der Waals surface area contributed by atoms with Gasteiger partial charge in [0.15, 0.2) is 5.96 Å². The van der Waals surface area contributed by atoms with Gasteiger partial charge in [0.25, 0.3) is 0 Å². The number of alkyl halides is 1. The summed E-state index contributed by atoms with van der Waals surface area (Å²) >= 11 is 0. The predicted octanol–water partition coefficient (Wildman–Crippen LogP) is 2.04. The Morgan fingerprint density at radius 1 is 1.29 bits per heavy atom. The van der Waals surface area contributed by atoms with Gasteiger partial charge >= 0.3 is 0 Å². The Labute approximate surface area is 103 Å². The molecule has 1 saturated carbocycles. The molecule has 1 aliphatic carbocycles. The highest BCUT2D eigenvalue weighted by Crippen LogP contribution is 2.35. The van der Waals surface area contributed by atoms with Crippen LogP contribution in [-0.2, 0) is 0 Å². The first-order chi connectivity index (χ1) is 8.35. The molecule has 0 aromatic rings. The number of hydrogen-bond acceptors (Lipinski definition) is 1. The van der Waals surface area contributed by atoms with Crippen molar-refractivity contribution in [2.24, 2.45) is 16.8 Å². The van der Waals surface area contributed by atoms with Gasteiger partial charge < -0.3 is 10.2 Å². The molecule has 4 heteroatoms. The first kappa shape index (κ1) is 12.7. The second-order valence-corrected chi connectivity index (χ2v) is 5.23. The van der Waals surface area contributed by atoms with Crippen molar-refractivity contribution < 1.29 is 4.39 Å². The van der Waals surface area contributed by atoms with E-state index in [0.717, 1.165) is 30.9 Å². The molecular weight excluding hydrogens is 217 g/mol. The Kier molecular flexibility index (Phi) is 4.63. The van der Waals surface area contributed by atoms with E-state index in [0.29, 0.717) is 13.0 Å². The molecule has 0 spiro atoms. The lowest BCUT2D eigenvalue weighted by Gasteiger charge is -2.22. The zero-order chi connectivity index (χ0) is 12.1. The highest BCUT2D eigenvalue weighted by molar-refractivity contribution is 5.80. The lowest BCUT2D eigenvalue weighted by Crippen LogP contribution is -2.40. The van der Waals surface area contributed by atoms with Gasteiger partial charge in [-0.3, -0.25) is 9.38 Å². The zero-order valence-corrected chi connectivity index (χ0v) is 10.8. The third-order valence-corrected chi connectivity index (χ3v) is 4.08. The third-order valence-electron chi connectivity index (χ3n) is 4.08. The van der Waals surface area contributed by atoms with Crippen LogP contribution in [-0.4, -0.2) is 44.2 Å². The average molecular weight is 241 g/mol. The Hall–Kier alpha value is -0.800. The van der Waals surface area contributed by atoms with E-state index in [1.807, 2.05) is 7.05 Å². The summed E-state index contributed by atoms with van der Waals surface area (Å²) in [7, 11) is 1.82. The quantitative estimate of drug-likeness (QED) is 0.465. The van der Waals surface area contributed by atoms with Crippen LogP contribution >= 0.6 is 0 Å². The van der Waals surface area contributed by atoms with Gasteiger partial charge in [0.1, 0.15) is 0 Å². The summed E-state index contributed by atoms with van der Waals surface area (Å²) < 4.78 is 12.1. The number of likely N-dealkylation sites (tertiary alicyclic amines) is 1. The maximum Gasteiger partial charge on any atom is 0.193 e. The minimum Gasteiger partial charge on any atom is -0.356 e. The molecule has 0 aromatic carbocycles. The fraction of sp³-hybridized carbons (Fsp3) is 0.923. The Balaban J connectivity index is 1.84. The highest BCUT2D eigenvalue weighted by Gasteiger charge is 2.35. The van der Waals surface area contributed by atoms with Crippen molar-refractivity contribution in [1.29, 1.82) is 0 Å². The maximum absolute atomic E-state index is 12.1. The smallest absolute Gasteiger partial charge is 0.193 e. The summed E-state index contributed by atoms with van der Waals surface area (Å²) in [6.45, 7) is 2.71. The number of guanidine groups is 1. The molecule has 1 heterocycles. The van der Waals surface area contributed by atoms with Crippen LogP contribution in [0.2, 0.25) is 0 Å². The molecule has 2 fully saturated rings. The number of halogens is 1. The minimum atomic E-state index is -0.255. The van der Waals surface area contributed by atoms with Gasteiger partial charge in [0, 0.05) is 26.7 Å². The summed E-state index contributed by atoms with van der Waals surface area (Å²) in [4.78, 5) is 6.67. The monoisotopic (exact) mass is 241 g/mol. The van der Waals surface area contributed by atoms with Crippen LogP contribution in [0, 0.1) is 11.8 Å². The molecule has 2 atom stereocenters. The number of aliphatic imine (C=N–C) groups is 1. The molecule has 2 aliphatic rings. The fourth-order valence-electron chi connectivity index (χ4n) is 3.18. The number of hydrogen-bond donors (Lipinski definition) is 1. The van der Waals surface area contributed by atoms with Crippen molar-refractivity contribution in [3.8, 4) is 0 Å². The van der Waals surface area contributed by atoms with E-state index in [1.165, 1.54) is 25.7 Å². The van der Waals surface area contributed by atoms with Crippen molar-refractivity contribution in [3.63, 3.8) is 0 Å². The first-order valence-electron chi connectivity index (χ1n) is 6.86. The summed E-state index contributed by atoms with van der Waals surface area (Å²) in [6.07, 6.45) is 6.11. The molecule has 0 amide bonds. The molecule has 1 aliphatic heterocycles. The third kappa shape index (κ3) is 3.11. The molecule has 0 aromatic heterocycles. The Bertz CT molecular complexity index is 253. The topological polar surface area (TPSA) is 27.6 Å². The lowest BCUT2D eigenvalue weighted by molar-refractivity contribution is 0.299. The van der Waals surface area contributed by atoms with Gasteiger partial charge in [-0.15, -0.1) is 0 Å². The number of nitrogens with zero attached hydrogens (tertiary/aromatic N) is 2. The van der Waals surface area contributed by atoms with E-state index in [2.05, 4.69) is 15.2 Å². The van der Waals surface area contributed by atoms with Crippen LogP contribution in [0.25, 0.3) is 0 Å². The molecule has 1 N–H and O–H groups in total. The standard InChI is InChI=1S/C13H24FN3/c1-15-13(16-8-4-7-14)17-9-11-5-2-3-6-12(11)10-17/h11-12H,2-10H2,1H3,(H,15,16). The minimum absolute atomic E-state index is 0.255. The molecule has 0 bridgehead atoms. The molecule has 1 saturated heterocycles. The molecular formula is C13H24FN3. The lowest BCUT2D eigenvalue weighted by atomic mass is 9.82. The molecule has 98 valence electrons. The second kappa shape index (κ2) is 6.22. The van der Waals surface area contributed by atoms with E-state index < -0.39 is 0 Å². The van der Waals surface area contributed by atoms with Crippen LogP contribution in [0.5, 0.6) is 0 Å². The van der Waals surface area contributed by atoms with Crippen molar-refractivity contribution in [2.75, 3.05) is 33.4 Å². The van der Waals surface area contributed by atoms with Crippen molar-refractivity contribution in [1.82, 2.24) is 10.2 Å². The van der Waals surface area contributed by atoms with Gasteiger partial charge in [-0.25, -0.2) is 0 Å². The molecule has 2 rings (SSSR count). The summed E-state index contributed by atoms with van der Waals surface area (Å²) in [5.41, 5.74) is 0. The molecule has 3 nitrogen and oxygen atoms in total. The predicted molar refractivity (Wildman–Crippen MR) is 69.0 cm³/mol. The Morgan fingerprint density at radius 2 is 1.94 bits per heavy atom.